The van der Waals surface area contributed by atoms with Crippen molar-refractivity contribution in [3.63, 3.8) is 0 Å². The average Bonchev–Trinajstić information content (AvgIpc) is 2.74. The van der Waals surface area contributed by atoms with Crippen LogP contribution in [0, 0.1) is 0 Å². The third kappa shape index (κ3) is 7.17. The number of hydrogen-bond acceptors (Lipinski definition) is 5. The molecule has 1 saturated heterocycles. The Labute approximate surface area is 178 Å². The lowest BCUT2D eigenvalue weighted by atomic mass is 10.2. The molecular formula is C23H30N4O3. The lowest BCUT2D eigenvalue weighted by Gasteiger charge is -2.33. The van der Waals surface area contributed by atoms with Gasteiger partial charge in [-0.05, 0) is 30.7 Å². The number of carbonyl (C=O) groups is 2. The van der Waals surface area contributed by atoms with Gasteiger partial charge < -0.3 is 15.4 Å². The largest absolute Gasteiger partial charge is 0.457 e. The minimum absolute atomic E-state index is 0.0546. The summed E-state index contributed by atoms with van der Waals surface area (Å²) in [5.41, 5.74) is 0.708. The molecule has 1 heterocycles. The number of nitrogens with zero attached hydrogens (tertiary/aromatic N) is 2. The summed E-state index contributed by atoms with van der Waals surface area (Å²) in [7, 11) is 0. The molecule has 160 valence electrons. The molecule has 30 heavy (non-hydrogen) atoms. The number of amides is 2. The molecule has 0 bridgehead atoms. The van der Waals surface area contributed by atoms with Crippen molar-refractivity contribution >= 4 is 17.5 Å². The number of nitrogens with one attached hydrogen (secondary N) is 2. The van der Waals surface area contributed by atoms with Gasteiger partial charge in [0.05, 0.1) is 13.1 Å². The van der Waals surface area contributed by atoms with Gasteiger partial charge in [0.1, 0.15) is 11.5 Å². The molecule has 0 unspecified atom stereocenters. The fourth-order valence-electron chi connectivity index (χ4n) is 3.29. The van der Waals surface area contributed by atoms with E-state index in [9.17, 15) is 9.59 Å². The summed E-state index contributed by atoms with van der Waals surface area (Å²) in [5.74, 6) is 1.44. The molecule has 0 aromatic heterocycles. The molecule has 0 radical (unpaired) electrons. The molecule has 1 fully saturated rings. The Morgan fingerprint density at radius 2 is 1.50 bits per heavy atom. The standard InChI is InChI=1S/C23H30N4O3/c1-2-11-24-22(28)17-26-12-14-27(15-13-26)18-23(29)25-19-7-6-10-21(16-19)30-20-8-4-3-5-9-20/h3-10,16H,2,11-15,17-18H2,1H3,(H,24,28)(H,25,29). The fraction of sp³-hybridized carbons (Fsp3) is 0.391. The Kier molecular flexibility index (Phi) is 8.23. The van der Waals surface area contributed by atoms with Gasteiger partial charge in [-0.15, -0.1) is 0 Å². The van der Waals surface area contributed by atoms with E-state index in [0.29, 0.717) is 24.5 Å². The highest BCUT2D eigenvalue weighted by atomic mass is 16.5. The molecule has 0 saturated carbocycles. The van der Waals surface area contributed by atoms with Crippen LogP contribution < -0.4 is 15.4 Å². The minimum atomic E-state index is -0.0546. The first-order chi connectivity index (χ1) is 14.6. The van der Waals surface area contributed by atoms with Crippen molar-refractivity contribution in [3.8, 4) is 11.5 Å². The first kappa shape index (κ1) is 21.8. The second kappa shape index (κ2) is 11.3. The Balaban J connectivity index is 1.42. The number of anilines is 1. The van der Waals surface area contributed by atoms with Crippen LogP contribution in [-0.2, 0) is 9.59 Å². The van der Waals surface area contributed by atoms with Gasteiger partial charge in [-0.2, -0.15) is 0 Å². The summed E-state index contributed by atoms with van der Waals surface area (Å²) in [6.07, 6.45) is 0.940. The monoisotopic (exact) mass is 410 g/mol. The first-order valence-electron chi connectivity index (χ1n) is 10.5. The van der Waals surface area contributed by atoms with E-state index in [0.717, 1.165) is 44.9 Å². The quantitative estimate of drug-likeness (QED) is 0.665. The lowest BCUT2D eigenvalue weighted by molar-refractivity contribution is -0.123. The van der Waals surface area contributed by atoms with Crippen LogP contribution in [0.1, 0.15) is 13.3 Å². The molecule has 1 aliphatic rings. The van der Waals surface area contributed by atoms with Gasteiger partial charge in [-0.1, -0.05) is 31.2 Å². The van der Waals surface area contributed by atoms with E-state index >= 15 is 0 Å². The van der Waals surface area contributed by atoms with Crippen molar-refractivity contribution < 1.29 is 14.3 Å². The van der Waals surface area contributed by atoms with Gasteiger partial charge >= 0.3 is 0 Å². The molecule has 2 aromatic carbocycles. The summed E-state index contributed by atoms with van der Waals surface area (Å²) >= 11 is 0. The molecule has 2 aromatic rings. The van der Waals surface area contributed by atoms with Gasteiger partial charge in [0.25, 0.3) is 0 Å². The van der Waals surface area contributed by atoms with Crippen molar-refractivity contribution in [1.29, 1.82) is 0 Å². The number of hydrogen-bond donors (Lipinski definition) is 2. The molecule has 0 aliphatic carbocycles. The highest BCUT2D eigenvalue weighted by Crippen LogP contribution is 2.23. The van der Waals surface area contributed by atoms with E-state index in [1.807, 2.05) is 61.5 Å². The summed E-state index contributed by atoms with van der Waals surface area (Å²) in [6, 6.07) is 16.9. The Hall–Kier alpha value is -2.90. The Morgan fingerprint density at radius 3 is 2.17 bits per heavy atom. The fourth-order valence-corrected chi connectivity index (χ4v) is 3.29. The maximum absolute atomic E-state index is 12.5. The van der Waals surface area contributed by atoms with Crippen LogP contribution in [-0.4, -0.2) is 67.4 Å². The molecule has 7 nitrogen and oxygen atoms in total. The van der Waals surface area contributed by atoms with Crippen LogP contribution in [0.4, 0.5) is 5.69 Å². The van der Waals surface area contributed by atoms with Gasteiger partial charge in [0.15, 0.2) is 0 Å². The van der Waals surface area contributed by atoms with E-state index in [-0.39, 0.29) is 11.8 Å². The zero-order chi connectivity index (χ0) is 21.2. The van der Waals surface area contributed by atoms with Crippen LogP contribution in [0.25, 0.3) is 0 Å². The lowest BCUT2D eigenvalue weighted by Crippen LogP contribution is -2.51. The van der Waals surface area contributed by atoms with Crippen molar-refractivity contribution in [2.24, 2.45) is 0 Å². The normalized spacial score (nSPS) is 14.8. The number of rotatable bonds is 9. The van der Waals surface area contributed by atoms with Crippen molar-refractivity contribution in [1.82, 2.24) is 15.1 Å². The second-order valence-electron chi connectivity index (χ2n) is 7.39. The highest BCUT2D eigenvalue weighted by Gasteiger charge is 2.20. The summed E-state index contributed by atoms with van der Waals surface area (Å²) in [5, 5.41) is 5.85. The smallest absolute Gasteiger partial charge is 0.238 e. The van der Waals surface area contributed by atoms with Crippen molar-refractivity contribution in [2.75, 3.05) is 51.1 Å². The summed E-state index contributed by atoms with van der Waals surface area (Å²) in [6.45, 7) is 6.62. The van der Waals surface area contributed by atoms with E-state index in [1.54, 1.807) is 0 Å². The number of piperazine rings is 1. The van der Waals surface area contributed by atoms with E-state index in [1.165, 1.54) is 0 Å². The first-order valence-corrected chi connectivity index (χ1v) is 10.5. The molecule has 0 spiro atoms. The number of benzene rings is 2. The highest BCUT2D eigenvalue weighted by molar-refractivity contribution is 5.92. The van der Waals surface area contributed by atoms with Gasteiger partial charge in [0.2, 0.25) is 11.8 Å². The third-order valence-electron chi connectivity index (χ3n) is 4.87. The Bertz CT molecular complexity index is 820. The van der Waals surface area contributed by atoms with E-state index in [4.69, 9.17) is 4.74 Å². The number of para-hydroxylation sites is 1. The Morgan fingerprint density at radius 1 is 0.867 bits per heavy atom. The SMILES string of the molecule is CCCNC(=O)CN1CCN(CC(=O)Nc2cccc(Oc3ccccc3)c2)CC1. The van der Waals surface area contributed by atoms with Crippen LogP contribution in [0.15, 0.2) is 54.6 Å². The maximum atomic E-state index is 12.5. The maximum Gasteiger partial charge on any atom is 0.238 e. The van der Waals surface area contributed by atoms with Crippen LogP contribution >= 0.6 is 0 Å². The van der Waals surface area contributed by atoms with E-state index in [2.05, 4.69) is 20.4 Å². The van der Waals surface area contributed by atoms with Crippen molar-refractivity contribution in [2.45, 2.75) is 13.3 Å². The van der Waals surface area contributed by atoms with Gasteiger partial charge in [-0.25, -0.2) is 0 Å². The molecule has 0 atom stereocenters. The molecule has 3 rings (SSSR count). The number of carbonyl (C=O) groups excluding carboxylic acids is 2. The van der Waals surface area contributed by atoms with E-state index < -0.39 is 0 Å². The molecule has 7 heteroatoms. The van der Waals surface area contributed by atoms with Crippen LogP contribution in [0.2, 0.25) is 0 Å². The zero-order valence-corrected chi connectivity index (χ0v) is 17.5. The second-order valence-corrected chi connectivity index (χ2v) is 7.39. The molecule has 2 amide bonds. The number of ether oxygens (including phenoxy) is 1. The van der Waals surface area contributed by atoms with Crippen LogP contribution in [0.3, 0.4) is 0 Å². The predicted octanol–water partition coefficient (Wildman–Crippen LogP) is 2.56. The zero-order valence-electron chi connectivity index (χ0n) is 17.5. The third-order valence-corrected chi connectivity index (χ3v) is 4.87. The summed E-state index contributed by atoms with van der Waals surface area (Å²) in [4.78, 5) is 28.5. The molecule has 2 N–H and O–H groups in total. The average molecular weight is 411 g/mol. The van der Waals surface area contributed by atoms with Crippen molar-refractivity contribution in [3.05, 3.63) is 54.6 Å². The summed E-state index contributed by atoms with van der Waals surface area (Å²) < 4.78 is 5.82. The molecule has 1 aliphatic heterocycles. The topological polar surface area (TPSA) is 73.9 Å². The minimum Gasteiger partial charge on any atom is -0.457 e. The van der Waals surface area contributed by atoms with Crippen LogP contribution in [0.5, 0.6) is 11.5 Å². The van der Waals surface area contributed by atoms with Gasteiger partial charge in [0, 0.05) is 44.5 Å². The predicted molar refractivity (Wildman–Crippen MR) is 118 cm³/mol. The molecular weight excluding hydrogens is 380 g/mol. The van der Waals surface area contributed by atoms with Gasteiger partial charge in [-0.3, -0.25) is 19.4 Å².